The third-order valence-electron chi connectivity index (χ3n) is 5.54. The molecule has 0 amide bonds. The summed E-state index contributed by atoms with van der Waals surface area (Å²) in [5.74, 6) is 0.207. The number of ether oxygens (including phenoxy) is 2. The van der Waals surface area contributed by atoms with Crippen molar-refractivity contribution >= 4 is 23.2 Å². The fraction of sp³-hybridized carbons (Fsp3) is 0.333. The lowest BCUT2D eigenvalue weighted by atomic mass is 9.91. The standard InChI is InChI=1S/C21H16Cl2N6O5/c22-12-6-9(29-21(32)25-18(30)14(8-24)28-29)7-13(23)17(12)34-20-11-2-1-3-15(33-10-4-5-10)16(11)19(31)26-27-20/h6-7,10,15H,1-5H2,(H,26,31)(H,25,30,32)/t15-/m0/s1. The monoisotopic (exact) mass is 502 g/mol. The first-order chi connectivity index (χ1) is 16.4. The van der Waals surface area contributed by atoms with Crippen molar-refractivity contribution in [1.82, 2.24) is 25.0 Å². The minimum absolute atomic E-state index is 0.0178. The molecule has 174 valence electrons. The minimum atomic E-state index is -0.904. The number of H-pyrrole nitrogens is 2. The Balaban J connectivity index is 1.52. The van der Waals surface area contributed by atoms with Crippen molar-refractivity contribution in [2.24, 2.45) is 0 Å². The van der Waals surface area contributed by atoms with Crippen molar-refractivity contribution in [2.75, 3.05) is 0 Å². The van der Waals surface area contributed by atoms with E-state index in [0.717, 1.165) is 30.4 Å². The van der Waals surface area contributed by atoms with E-state index in [-0.39, 0.29) is 45.1 Å². The second-order valence-corrected chi connectivity index (χ2v) is 8.75. The highest BCUT2D eigenvalue weighted by atomic mass is 35.5. The molecule has 0 spiro atoms. The van der Waals surface area contributed by atoms with Crippen LogP contribution in [0.1, 0.15) is 48.6 Å². The molecule has 2 N–H and O–H groups in total. The number of hydrogen-bond acceptors (Lipinski definition) is 8. The minimum Gasteiger partial charge on any atom is -0.434 e. The summed E-state index contributed by atoms with van der Waals surface area (Å²) in [5, 5.41) is 19.3. The largest absolute Gasteiger partial charge is 0.434 e. The maximum Gasteiger partial charge on any atom is 0.349 e. The second-order valence-electron chi connectivity index (χ2n) is 7.94. The zero-order chi connectivity index (χ0) is 24.0. The van der Waals surface area contributed by atoms with Crippen LogP contribution in [0.5, 0.6) is 11.6 Å². The van der Waals surface area contributed by atoms with Crippen LogP contribution in [0.25, 0.3) is 5.69 Å². The number of halogens is 2. The third kappa shape index (κ3) is 4.11. The van der Waals surface area contributed by atoms with Crippen LogP contribution in [0.15, 0.2) is 26.5 Å². The molecule has 1 fully saturated rings. The normalized spacial score (nSPS) is 17.1. The molecular weight excluding hydrogens is 487 g/mol. The first kappa shape index (κ1) is 22.3. The predicted molar refractivity (Wildman–Crippen MR) is 120 cm³/mol. The van der Waals surface area contributed by atoms with E-state index in [1.807, 2.05) is 4.98 Å². The lowest BCUT2D eigenvalue weighted by Gasteiger charge is -2.25. The van der Waals surface area contributed by atoms with E-state index < -0.39 is 16.9 Å². The average Bonchev–Trinajstić information content (AvgIpc) is 3.62. The summed E-state index contributed by atoms with van der Waals surface area (Å²) in [6.07, 6.45) is 3.93. The van der Waals surface area contributed by atoms with Gasteiger partial charge in [-0.05, 0) is 44.2 Å². The van der Waals surface area contributed by atoms with Crippen molar-refractivity contribution in [2.45, 2.75) is 44.3 Å². The van der Waals surface area contributed by atoms with Gasteiger partial charge in [0.1, 0.15) is 6.07 Å². The summed E-state index contributed by atoms with van der Waals surface area (Å²) < 4.78 is 12.7. The van der Waals surface area contributed by atoms with Crippen molar-refractivity contribution in [3.05, 3.63) is 70.2 Å². The maximum atomic E-state index is 12.5. The number of fused-ring (bicyclic) bond motifs is 1. The van der Waals surface area contributed by atoms with Gasteiger partial charge in [0.05, 0.1) is 33.5 Å². The number of aromatic amines is 2. The molecule has 0 saturated heterocycles. The summed E-state index contributed by atoms with van der Waals surface area (Å²) in [7, 11) is 0. The van der Waals surface area contributed by atoms with Crippen LogP contribution in [-0.4, -0.2) is 31.1 Å². The van der Waals surface area contributed by atoms with Crippen molar-refractivity contribution in [3.63, 3.8) is 0 Å². The molecule has 2 heterocycles. The van der Waals surface area contributed by atoms with Crippen LogP contribution in [-0.2, 0) is 11.2 Å². The highest BCUT2D eigenvalue weighted by molar-refractivity contribution is 6.37. The molecule has 5 rings (SSSR count). The van der Waals surface area contributed by atoms with Gasteiger partial charge in [0.2, 0.25) is 11.6 Å². The Morgan fingerprint density at radius 3 is 2.53 bits per heavy atom. The quantitative estimate of drug-likeness (QED) is 0.538. The molecule has 1 atom stereocenters. The Morgan fingerprint density at radius 1 is 1.12 bits per heavy atom. The molecule has 0 radical (unpaired) electrons. The van der Waals surface area contributed by atoms with Gasteiger partial charge in [-0.25, -0.2) is 9.89 Å². The van der Waals surface area contributed by atoms with E-state index in [4.69, 9.17) is 37.9 Å². The highest BCUT2D eigenvalue weighted by Gasteiger charge is 2.33. The SMILES string of the molecule is N#Cc1nn(-c2cc(Cl)c(Oc3n[nH]c(=O)c4c3CCC[C@@H]4OC3CC3)c(Cl)c2)c(=O)[nH]c1=O. The molecule has 0 bridgehead atoms. The van der Waals surface area contributed by atoms with Gasteiger partial charge in [0.25, 0.3) is 11.1 Å². The van der Waals surface area contributed by atoms with Gasteiger partial charge in [0.15, 0.2) is 5.75 Å². The Hall–Kier alpha value is -3.46. The maximum absolute atomic E-state index is 12.5. The van der Waals surface area contributed by atoms with Crippen LogP contribution in [0.4, 0.5) is 0 Å². The molecule has 1 aromatic carbocycles. The van der Waals surface area contributed by atoms with Crippen molar-refractivity contribution in [1.29, 1.82) is 5.26 Å². The molecule has 11 nitrogen and oxygen atoms in total. The van der Waals surface area contributed by atoms with Crippen LogP contribution >= 0.6 is 23.2 Å². The molecule has 13 heteroatoms. The lowest BCUT2D eigenvalue weighted by Crippen LogP contribution is -2.33. The molecular formula is C21H16Cl2N6O5. The molecule has 2 aliphatic carbocycles. The Kier molecular flexibility index (Phi) is 5.73. The number of rotatable bonds is 5. The van der Waals surface area contributed by atoms with Gasteiger partial charge in [-0.1, -0.05) is 23.2 Å². The van der Waals surface area contributed by atoms with Crippen LogP contribution in [0.3, 0.4) is 0 Å². The number of benzene rings is 1. The average molecular weight is 503 g/mol. The fourth-order valence-corrected chi connectivity index (χ4v) is 4.39. The first-order valence-electron chi connectivity index (χ1n) is 10.4. The van der Waals surface area contributed by atoms with Gasteiger partial charge in [-0.3, -0.25) is 14.6 Å². The van der Waals surface area contributed by atoms with Gasteiger partial charge in [0, 0.05) is 5.56 Å². The summed E-state index contributed by atoms with van der Waals surface area (Å²) in [6, 6.07) is 4.29. The van der Waals surface area contributed by atoms with E-state index in [9.17, 15) is 14.4 Å². The smallest absolute Gasteiger partial charge is 0.349 e. The van der Waals surface area contributed by atoms with Crippen LogP contribution < -0.4 is 21.5 Å². The zero-order valence-electron chi connectivity index (χ0n) is 17.4. The number of nitriles is 1. The third-order valence-corrected chi connectivity index (χ3v) is 6.10. The Morgan fingerprint density at radius 2 is 1.85 bits per heavy atom. The van der Waals surface area contributed by atoms with Gasteiger partial charge in [-0.2, -0.15) is 9.94 Å². The van der Waals surface area contributed by atoms with E-state index >= 15 is 0 Å². The van der Waals surface area contributed by atoms with Crippen molar-refractivity contribution < 1.29 is 9.47 Å². The fourth-order valence-electron chi connectivity index (χ4n) is 3.84. The van der Waals surface area contributed by atoms with E-state index in [1.54, 1.807) is 6.07 Å². The topological polar surface area (TPSA) is 156 Å². The Bertz CT molecular complexity index is 1490. The molecule has 3 aromatic rings. The molecule has 1 saturated carbocycles. The number of nitrogens with zero attached hydrogens (tertiary/aromatic N) is 4. The lowest BCUT2D eigenvalue weighted by molar-refractivity contribution is 0.0263. The van der Waals surface area contributed by atoms with Gasteiger partial charge in [-0.15, -0.1) is 10.2 Å². The summed E-state index contributed by atoms with van der Waals surface area (Å²) in [5.41, 5.74) is -1.36. The van der Waals surface area contributed by atoms with E-state index in [0.29, 0.717) is 17.5 Å². The summed E-state index contributed by atoms with van der Waals surface area (Å²) in [4.78, 5) is 38.3. The number of hydrogen-bond donors (Lipinski definition) is 2. The van der Waals surface area contributed by atoms with Gasteiger partial charge >= 0.3 is 5.69 Å². The van der Waals surface area contributed by atoms with Crippen molar-refractivity contribution in [3.8, 4) is 23.4 Å². The number of nitrogens with one attached hydrogen (secondary N) is 2. The predicted octanol–water partition coefficient (Wildman–Crippen LogP) is 2.53. The highest BCUT2D eigenvalue weighted by Crippen LogP contribution is 2.42. The molecule has 0 unspecified atom stereocenters. The second kappa shape index (κ2) is 8.72. The summed E-state index contributed by atoms with van der Waals surface area (Å²) in [6.45, 7) is 0. The van der Waals surface area contributed by atoms with Crippen LogP contribution in [0.2, 0.25) is 10.0 Å². The Labute approximate surface area is 200 Å². The van der Waals surface area contributed by atoms with E-state index in [2.05, 4.69) is 15.3 Å². The number of aromatic nitrogens is 5. The van der Waals surface area contributed by atoms with E-state index in [1.165, 1.54) is 12.1 Å². The van der Waals surface area contributed by atoms with Gasteiger partial charge < -0.3 is 9.47 Å². The molecule has 2 aliphatic rings. The summed E-state index contributed by atoms with van der Waals surface area (Å²) >= 11 is 12.8. The first-order valence-corrected chi connectivity index (χ1v) is 11.2. The molecule has 2 aromatic heterocycles. The zero-order valence-corrected chi connectivity index (χ0v) is 18.9. The molecule has 0 aliphatic heterocycles. The molecule has 34 heavy (non-hydrogen) atoms. The van der Waals surface area contributed by atoms with Crippen LogP contribution in [0, 0.1) is 11.3 Å².